The summed E-state index contributed by atoms with van der Waals surface area (Å²) in [5, 5.41) is 0. The Hall–Kier alpha value is -2.98. The Balaban J connectivity index is 2.00. The quantitative estimate of drug-likeness (QED) is 0.616. The van der Waals surface area contributed by atoms with Crippen LogP contribution in [0.25, 0.3) is 11.1 Å². The third-order valence-electron chi connectivity index (χ3n) is 4.96. The molecule has 1 aliphatic rings. The van der Waals surface area contributed by atoms with E-state index in [1.54, 1.807) is 0 Å². The molecule has 24 heavy (non-hydrogen) atoms. The second-order valence-corrected chi connectivity index (χ2v) is 6.21. The van der Waals surface area contributed by atoms with Crippen molar-refractivity contribution in [2.45, 2.75) is 12.3 Å². The van der Waals surface area contributed by atoms with Crippen molar-refractivity contribution in [3.63, 3.8) is 0 Å². The molecule has 0 saturated carbocycles. The van der Waals surface area contributed by atoms with Gasteiger partial charge in [-0.1, -0.05) is 72.7 Å². The van der Waals surface area contributed by atoms with Gasteiger partial charge in [0.25, 0.3) is 0 Å². The maximum absolute atomic E-state index is 5.86. The first-order chi connectivity index (χ1) is 11.8. The summed E-state index contributed by atoms with van der Waals surface area (Å²) in [5.74, 6) is 3.41. The summed E-state index contributed by atoms with van der Waals surface area (Å²) in [7, 11) is 0. The molecule has 0 aliphatic heterocycles. The lowest BCUT2D eigenvalue weighted by molar-refractivity contribution is 0.362. The molecule has 0 amide bonds. The van der Waals surface area contributed by atoms with Crippen molar-refractivity contribution in [3.8, 4) is 29.2 Å². The minimum absolute atomic E-state index is 0.252. The van der Waals surface area contributed by atoms with E-state index in [9.17, 15) is 0 Å². The summed E-state index contributed by atoms with van der Waals surface area (Å²) in [4.78, 5) is 0. The number of benzene rings is 3. The van der Waals surface area contributed by atoms with Crippen LogP contribution in [-0.4, -0.2) is 6.61 Å². The van der Waals surface area contributed by atoms with E-state index in [1.165, 1.54) is 22.3 Å². The standard InChI is InChI=1S/C23H18O/c1-3-16-24-22-15-9-8-14-21(22)23(2)19-12-6-4-10-17(19)18-11-5-7-13-20(18)23/h1,4-15H,16H2,2H3. The molecule has 116 valence electrons. The maximum Gasteiger partial charge on any atom is 0.148 e. The molecule has 0 unspecified atom stereocenters. The number of hydrogen-bond donors (Lipinski definition) is 0. The molecule has 3 aromatic carbocycles. The zero-order chi connectivity index (χ0) is 16.6. The lowest BCUT2D eigenvalue weighted by Crippen LogP contribution is -2.23. The van der Waals surface area contributed by atoms with Gasteiger partial charge in [-0.3, -0.25) is 0 Å². The minimum Gasteiger partial charge on any atom is -0.481 e. The summed E-state index contributed by atoms with van der Waals surface area (Å²) < 4.78 is 5.86. The molecule has 0 N–H and O–H groups in total. The van der Waals surface area contributed by atoms with Crippen molar-refractivity contribution in [1.29, 1.82) is 0 Å². The van der Waals surface area contributed by atoms with Crippen molar-refractivity contribution < 1.29 is 4.74 Å². The Labute approximate surface area is 142 Å². The molecule has 1 aliphatic carbocycles. The Bertz CT molecular complexity index is 900. The fraction of sp³-hybridized carbons (Fsp3) is 0.130. The highest BCUT2D eigenvalue weighted by molar-refractivity contribution is 5.83. The Morgan fingerprint density at radius 1 is 0.792 bits per heavy atom. The summed E-state index contributed by atoms with van der Waals surface area (Å²) in [6, 6.07) is 25.4. The van der Waals surface area contributed by atoms with Crippen LogP contribution in [0.15, 0.2) is 72.8 Å². The molecule has 0 fully saturated rings. The van der Waals surface area contributed by atoms with Gasteiger partial charge < -0.3 is 4.74 Å². The predicted octanol–water partition coefficient (Wildman–Crippen LogP) is 5.03. The van der Waals surface area contributed by atoms with E-state index >= 15 is 0 Å². The summed E-state index contributed by atoms with van der Waals surface area (Å²) in [6.45, 7) is 2.55. The lowest BCUT2D eigenvalue weighted by Gasteiger charge is -2.30. The van der Waals surface area contributed by atoms with Crippen LogP contribution in [0, 0.1) is 12.3 Å². The summed E-state index contributed by atoms with van der Waals surface area (Å²) in [6.07, 6.45) is 5.39. The second kappa shape index (κ2) is 5.58. The van der Waals surface area contributed by atoms with Crippen LogP contribution >= 0.6 is 0 Å². The number of fused-ring (bicyclic) bond motifs is 3. The van der Waals surface area contributed by atoms with Crippen LogP contribution in [0.1, 0.15) is 23.6 Å². The molecular weight excluding hydrogens is 292 g/mol. The number of terminal acetylenes is 1. The zero-order valence-electron chi connectivity index (χ0n) is 13.6. The third-order valence-corrected chi connectivity index (χ3v) is 4.96. The van der Waals surface area contributed by atoms with Gasteiger partial charge in [0.15, 0.2) is 0 Å². The van der Waals surface area contributed by atoms with Gasteiger partial charge in [0, 0.05) is 11.0 Å². The average Bonchev–Trinajstić information content (AvgIpc) is 2.91. The van der Waals surface area contributed by atoms with Gasteiger partial charge in [0.1, 0.15) is 12.4 Å². The predicted molar refractivity (Wildman–Crippen MR) is 98.2 cm³/mol. The van der Waals surface area contributed by atoms with E-state index < -0.39 is 0 Å². The molecule has 0 aromatic heterocycles. The third kappa shape index (κ3) is 1.97. The molecule has 0 radical (unpaired) electrons. The average molecular weight is 310 g/mol. The molecule has 0 saturated heterocycles. The number of para-hydroxylation sites is 1. The highest BCUT2D eigenvalue weighted by Crippen LogP contribution is 2.53. The molecule has 1 nitrogen and oxygen atoms in total. The molecular formula is C23H18O. The Morgan fingerprint density at radius 3 is 1.88 bits per heavy atom. The molecule has 0 heterocycles. The van der Waals surface area contributed by atoms with Gasteiger partial charge in [-0.25, -0.2) is 0 Å². The van der Waals surface area contributed by atoms with Crippen LogP contribution in [0.2, 0.25) is 0 Å². The molecule has 3 aromatic rings. The largest absolute Gasteiger partial charge is 0.481 e. The van der Waals surface area contributed by atoms with E-state index in [1.807, 2.05) is 12.1 Å². The van der Waals surface area contributed by atoms with Crippen LogP contribution < -0.4 is 4.74 Å². The van der Waals surface area contributed by atoms with Crippen molar-refractivity contribution >= 4 is 0 Å². The van der Waals surface area contributed by atoms with E-state index in [0.29, 0.717) is 0 Å². The summed E-state index contributed by atoms with van der Waals surface area (Å²) >= 11 is 0. The van der Waals surface area contributed by atoms with Gasteiger partial charge in [-0.05, 0) is 35.2 Å². The highest BCUT2D eigenvalue weighted by atomic mass is 16.5. The monoisotopic (exact) mass is 310 g/mol. The normalized spacial score (nSPS) is 13.7. The minimum atomic E-state index is -0.252. The second-order valence-electron chi connectivity index (χ2n) is 6.21. The fourth-order valence-electron chi connectivity index (χ4n) is 3.87. The van der Waals surface area contributed by atoms with Crippen LogP contribution in [0.4, 0.5) is 0 Å². The fourth-order valence-corrected chi connectivity index (χ4v) is 3.87. The Kier molecular flexibility index (Phi) is 3.40. The van der Waals surface area contributed by atoms with E-state index in [4.69, 9.17) is 11.2 Å². The first-order valence-electron chi connectivity index (χ1n) is 8.12. The molecule has 0 atom stereocenters. The topological polar surface area (TPSA) is 9.23 Å². The first-order valence-corrected chi connectivity index (χ1v) is 8.12. The van der Waals surface area contributed by atoms with Crippen molar-refractivity contribution in [2.24, 2.45) is 0 Å². The smallest absolute Gasteiger partial charge is 0.148 e. The van der Waals surface area contributed by atoms with Crippen molar-refractivity contribution in [1.82, 2.24) is 0 Å². The van der Waals surface area contributed by atoms with Crippen LogP contribution in [-0.2, 0) is 5.41 Å². The van der Waals surface area contributed by atoms with Crippen molar-refractivity contribution in [3.05, 3.63) is 89.5 Å². The van der Waals surface area contributed by atoms with Gasteiger partial charge in [-0.2, -0.15) is 0 Å². The molecule has 0 spiro atoms. The van der Waals surface area contributed by atoms with Gasteiger partial charge in [-0.15, -0.1) is 6.42 Å². The molecule has 4 rings (SSSR count). The van der Waals surface area contributed by atoms with Crippen LogP contribution in [0.3, 0.4) is 0 Å². The van der Waals surface area contributed by atoms with E-state index in [0.717, 1.165) is 11.3 Å². The SMILES string of the molecule is C#CCOc1ccccc1C1(C)c2ccccc2-c2ccccc21. The van der Waals surface area contributed by atoms with Crippen LogP contribution in [0.5, 0.6) is 5.75 Å². The summed E-state index contributed by atoms with van der Waals surface area (Å²) in [5.41, 5.74) is 6.10. The number of ether oxygens (including phenoxy) is 1. The highest BCUT2D eigenvalue weighted by Gasteiger charge is 2.41. The molecule has 0 bridgehead atoms. The molecule has 1 heteroatoms. The van der Waals surface area contributed by atoms with Gasteiger partial charge in [0.2, 0.25) is 0 Å². The van der Waals surface area contributed by atoms with Gasteiger partial charge in [0.05, 0.1) is 0 Å². The van der Waals surface area contributed by atoms with Crippen molar-refractivity contribution in [2.75, 3.05) is 6.61 Å². The lowest BCUT2D eigenvalue weighted by atomic mass is 9.74. The van der Waals surface area contributed by atoms with E-state index in [2.05, 4.69) is 73.5 Å². The van der Waals surface area contributed by atoms with Gasteiger partial charge >= 0.3 is 0 Å². The number of rotatable bonds is 3. The van der Waals surface area contributed by atoms with E-state index in [-0.39, 0.29) is 12.0 Å². The number of hydrogen-bond acceptors (Lipinski definition) is 1. The zero-order valence-corrected chi connectivity index (χ0v) is 13.6. The first kappa shape index (κ1) is 14.6. The maximum atomic E-state index is 5.86. The Morgan fingerprint density at radius 2 is 1.29 bits per heavy atom.